The van der Waals surface area contributed by atoms with Gasteiger partial charge in [-0.1, -0.05) is 0 Å². The minimum atomic E-state index is -3.02. The number of hydrogen-bond donors (Lipinski definition) is 0. The van der Waals surface area contributed by atoms with Crippen LogP contribution < -0.4 is 0 Å². The summed E-state index contributed by atoms with van der Waals surface area (Å²) >= 11 is 9.73. The Balaban J connectivity index is 2.12. The van der Waals surface area contributed by atoms with Crippen molar-refractivity contribution in [1.29, 1.82) is 0 Å². The van der Waals surface area contributed by atoms with Crippen LogP contribution in [-0.4, -0.2) is 47.3 Å². The zero-order valence-electron chi connectivity index (χ0n) is 10.8. The van der Waals surface area contributed by atoms with Crippen LogP contribution in [0.4, 0.5) is 8.78 Å². The molecular weight excluding hydrogens is 374 g/mol. The van der Waals surface area contributed by atoms with E-state index in [2.05, 4.69) is 15.9 Å². The minimum Gasteiger partial charge on any atom is -0.339 e. The maximum atomic E-state index is 14.5. The molecule has 0 bridgehead atoms. The molecule has 0 N–H and O–H groups in total. The van der Waals surface area contributed by atoms with Crippen LogP contribution in [0.5, 0.6) is 0 Å². The Kier molecular flexibility index (Phi) is 5.05. The number of alkyl halides is 3. The van der Waals surface area contributed by atoms with Crippen molar-refractivity contribution < 1.29 is 13.6 Å². The van der Waals surface area contributed by atoms with Crippen LogP contribution in [0, 0.1) is 0 Å². The van der Waals surface area contributed by atoms with Crippen molar-refractivity contribution in [3.8, 4) is 0 Å². The largest absolute Gasteiger partial charge is 0.341 e. The number of carbonyl (C=O) groups is 1. The van der Waals surface area contributed by atoms with E-state index in [1.54, 1.807) is 13.0 Å². The maximum Gasteiger partial charge on any atom is 0.341 e. The van der Waals surface area contributed by atoms with Gasteiger partial charge in [-0.3, -0.25) is 4.79 Å². The summed E-state index contributed by atoms with van der Waals surface area (Å²) in [5.74, 6) is -0.318. The summed E-state index contributed by atoms with van der Waals surface area (Å²) in [6.45, 7) is 2.38. The number of nitrogens with zero attached hydrogens (tertiary/aromatic N) is 2. The lowest BCUT2D eigenvalue weighted by Crippen LogP contribution is -2.58. The molecule has 1 saturated heterocycles. The first-order chi connectivity index (χ1) is 9.36. The van der Waals surface area contributed by atoms with Gasteiger partial charge < -0.3 is 4.90 Å². The molecule has 1 aliphatic heterocycles. The van der Waals surface area contributed by atoms with E-state index in [1.165, 1.54) is 11.0 Å². The third-order valence-corrected chi connectivity index (χ3v) is 5.24. The number of hydrogen-bond acceptors (Lipinski definition) is 3. The predicted molar refractivity (Wildman–Crippen MR) is 79.4 cm³/mol. The van der Waals surface area contributed by atoms with E-state index in [0.717, 1.165) is 16.2 Å². The first kappa shape index (κ1) is 16.1. The van der Waals surface area contributed by atoms with E-state index in [0.29, 0.717) is 3.79 Å². The number of halogens is 4. The van der Waals surface area contributed by atoms with E-state index in [4.69, 9.17) is 11.6 Å². The summed E-state index contributed by atoms with van der Waals surface area (Å²) in [5.41, 5.74) is 0. The van der Waals surface area contributed by atoms with Crippen molar-refractivity contribution in [1.82, 2.24) is 9.80 Å². The quantitative estimate of drug-likeness (QED) is 0.587. The second kappa shape index (κ2) is 6.25. The lowest BCUT2D eigenvalue weighted by atomic mass is 10.1. The standard InChI is InChI=1S/C12H14BrClF2N2OS/c1-8-7-17(11(19)6-14)4-5-18(8)12(15,16)9-2-3-10(13)20-9/h2-3,8H,4-7H2,1H3. The van der Waals surface area contributed by atoms with Crippen LogP contribution in [0.15, 0.2) is 15.9 Å². The molecule has 2 rings (SSSR count). The molecule has 0 spiro atoms. The third-order valence-electron chi connectivity index (χ3n) is 3.32. The molecule has 0 radical (unpaired) electrons. The van der Waals surface area contributed by atoms with Gasteiger partial charge in [-0.2, -0.15) is 8.78 Å². The Morgan fingerprint density at radius 2 is 2.25 bits per heavy atom. The predicted octanol–water partition coefficient (Wildman–Crippen LogP) is 3.33. The van der Waals surface area contributed by atoms with Crippen LogP contribution in [0.25, 0.3) is 0 Å². The average molecular weight is 388 g/mol. The number of rotatable bonds is 3. The highest BCUT2D eigenvalue weighted by Crippen LogP contribution is 2.40. The number of thiophene rings is 1. The van der Waals surface area contributed by atoms with Crippen molar-refractivity contribution in [2.45, 2.75) is 19.0 Å². The molecule has 0 saturated carbocycles. The topological polar surface area (TPSA) is 23.6 Å². The average Bonchev–Trinajstić information content (AvgIpc) is 2.84. The Morgan fingerprint density at radius 3 is 2.75 bits per heavy atom. The second-order valence-corrected chi connectivity index (χ2v) is 7.39. The summed E-state index contributed by atoms with van der Waals surface area (Å²) in [7, 11) is 0. The van der Waals surface area contributed by atoms with Crippen LogP contribution in [-0.2, 0) is 10.8 Å². The minimum absolute atomic E-state index is 0.00773. The van der Waals surface area contributed by atoms with Gasteiger partial charge in [0.25, 0.3) is 0 Å². The number of carbonyl (C=O) groups excluding carboxylic acids is 1. The molecule has 0 aromatic carbocycles. The van der Waals surface area contributed by atoms with Crippen LogP contribution in [0.2, 0.25) is 0 Å². The summed E-state index contributed by atoms with van der Waals surface area (Å²) in [4.78, 5) is 14.2. The highest BCUT2D eigenvalue weighted by atomic mass is 79.9. The van der Waals surface area contributed by atoms with Crippen molar-refractivity contribution in [3.05, 3.63) is 20.8 Å². The van der Waals surface area contributed by atoms with Gasteiger partial charge in [0.15, 0.2) is 0 Å². The smallest absolute Gasteiger partial charge is 0.339 e. The van der Waals surface area contributed by atoms with E-state index < -0.39 is 12.1 Å². The van der Waals surface area contributed by atoms with E-state index in [1.807, 2.05) is 0 Å². The van der Waals surface area contributed by atoms with Gasteiger partial charge >= 0.3 is 6.05 Å². The molecule has 1 atom stereocenters. The van der Waals surface area contributed by atoms with Gasteiger partial charge in [0.05, 0.1) is 8.66 Å². The highest BCUT2D eigenvalue weighted by molar-refractivity contribution is 9.11. The molecule has 1 aromatic rings. The van der Waals surface area contributed by atoms with Gasteiger partial charge in [-0.05, 0) is 35.0 Å². The Bertz CT molecular complexity index is 500. The van der Waals surface area contributed by atoms with Crippen LogP contribution >= 0.6 is 38.9 Å². The van der Waals surface area contributed by atoms with Crippen LogP contribution in [0.3, 0.4) is 0 Å². The Hall–Kier alpha value is -0.240. The van der Waals surface area contributed by atoms with Gasteiger partial charge in [-0.15, -0.1) is 22.9 Å². The first-order valence-electron chi connectivity index (χ1n) is 6.10. The normalized spacial score (nSPS) is 21.2. The molecule has 1 unspecified atom stereocenters. The summed E-state index contributed by atoms with van der Waals surface area (Å²) in [6, 6.07) is -0.401. The van der Waals surface area contributed by atoms with Crippen molar-refractivity contribution in [2.24, 2.45) is 0 Å². The van der Waals surface area contributed by atoms with Gasteiger partial charge in [0.1, 0.15) is 5.88 Å². The molecule has 1 aliphatic rings. The molecule has 1 amide bonds. The molecule has 1 fully saturated rings. The maximum absolute atomic E-state index is 14.5. The lowest BCUT2D eigenvalue weighted by molar-refractivity contribution is -0.185. The van der Waals surface area contributed by atoms with E-state index in [9.17, 15) is 13.6 Å². The Morgan fingerprint density at radius 1 is 1.55 bits per heavy atom. The van der Waals surface area contributed by atoms with Gasteiger partial charge in [-0.25, -0.2) is 4.90 Å². The third kappa shape index (κ3) is 3.16. The summed E-state index contributed by atoms with van der Waals surface area (Å²) in [6.07, 6.45) is 0. The fourth-order valence-electron chi connectivity index (χ4n) is 2.30. The zero-order chi connectivity index (χ0) is 14.9. The molecule has 1 aromatic heterocycles. The van der Waals surface area contributed by atoms with Gasteiger partial charge in [0, 0.05) is 25.7 Å². The van der Waals surface area contributed by atoms with Gasteiger partial charge in [0.2, 0.25) is 5.91 Å². The Labute approximate surface area is 133 Å². The molecular formula is C12H14BrClF2N2OS. The molecule has 2 heterocycles. The fourth-order valence-corrected chi connectivity index (χ4v) is 3.85. The first-order valence-corrected chi connectivity index (χ1v) is 8.24. The monoisotopic (exact) mass is 386 g/mol. The molecule has 20 heavy (non-hydrogen) atoms. The SMILES string of the molecule is CC1CN(C(=O)CCl)CCN1C(F)(F)c1ccc(Br)s1. The van der Waals surface area contributed by atoms with Crippen molar-refractivity contribution in [3.63, 3.8) is 0 Å². The number of piperazine rings is 1. The second-order valence-electron chi connectivity index (χ2n) is 4.66. The van der Waals surface area contributed by atoms with Crippen molar-refractivity contribution >= 4 is 44.8 Å². The molecule has 8 heteroatoms. The number of amides is 1. The lowest BCUT2D eigenvalue weighted by Gasteiger charge is -2.42. The highest BCUT2D eigenvalue weighted by Gasteiger charge is 2.45. The molecule has 3 nitrogen and oxygen atoms in total. The molecule has 0 aliphatic carbocycles. The molecule has 112 valence electrons. The van der Waals surface area contributed by atoms with Crippen LogP contribution in [0.1, 0.15) is 11.8 Å². The van der Waals surface area contributed by atoms with Crippen molar-refractivity contribution in [2.75, 3.05) is 25.5 Å². The summed E-state index contributed by atoms with van der Waals surface area (Å²) in [5, 5.41) is 0. The van der Waals surface area contributed by atoms with E-state index in [-0.39, 0.29) is 36.3 Å². The summed E-state index contributed by atoms with van der Waals surface area (Å²) < 4.78 is 29.7. The zero-order valence-corrected chi connectivity index (χ0v) is 13.9. The van der Waals surface area contributed by atoms with E-state index >= 15 is 0 Å². The fraction of sp³-hybridized carbons (Fsp3) is 0.583.